The molecule has 0 aliphatic rings. The summed E-state index contributed by atoms with van der Waals surface area (Å²) < 4.78 is 5.82. The smallest absolute Gasteiger partial charge is 0.306 e. The minimum absolute atomic E-state index is 0.0329. The van der Waals surface area contributed by atoms with Gasteiger partial charge in [-0.2, -0.15) is 0 Å². The van der Waals surface area contributed by atoms with E-state index in [-0.39, 0.29) is 24.9 Å². The molecule has 0 saturated carbocycles. The lowest BCUT2D eigenvalue weighted by atomic mass is 10.0. The molecule has 0 aliphatic heterocycles. The lowest BCUT2D eigenvalue weighted by Crippen LogP contribution is -2.46. The normalized spacial score (nSPS) is 13.6. The van der Waals surface area contributed by atoms with Crippen molar-refractivity contribution < 1.29 is 24.5 Å². The van der Waals surface area contributed by atoms with Gasteiger partial charge in [-0.3, -0.25) is 9.59 Å². The Hall–Kier alpha value is -2.18. The number of carbonyl (C=O) groups is 2. The summed E-state index contributed by atoms with van der Waals surface area (Å²) >= 11 is 0. The van der Waals surface area contributed by atoms with E-state index in [9.17, 15) is 19.8 Å². The van der Waals surface area contributed by atoms with Crippen LogP contribution < -0.4 is 5.32 Å². The van der Waals surface area contributed by atoms with Crippen molar-refractivity contribution >= 4 is 11.9 Å². The molecule has 6 nitrogen and oxygen atoms in total. The van der Waals surface area contributed by atoms with E-state index in [1.165, 1.54) is 154 Å². The van der Waals surface area contributed by atoms with Crippen molar-refractivity contribution in [2.24, 2.45) is 0 Å². The number of unbranched alkanes of at least 4 members (excludes halogenated alkanes) is 28. The highest BCUT2D eigenvalue weighted by Gasteiger charge is 2.23. The third-order valence-corrected chi connectivity index (χ3v) is 11.4. The molecule has 3 unspecified atom stereocenters. The zero-order valence-corrected chi connectivity index (χ0v) is 39.1. The number of aliphatic hydroxyl groups excluding tert-OH is 2. The standard InChI is InChI=1S/C53H97NO5/c1-4-7-10-13-16-19-22-24-26-28-31-34-37-40-43-46-53(58)59-49(44-41-38-35-32-29-21-18-15-12-9-6-3)47-52(57)54-50(48-55)51(56)45-42-39-36-33-30-27-25-23-20-17-14-11-8-5-2/h16,19,22,24,32,35,41,44,49-51,55-56H,4-15,17-18,20-21,23,25-31,33-34,36-40,42-43,45-48H2,1-3H3,(H,54,57)/b19-16+,24-22+,35-32-,44-41+. The molecule has 1 amide bonds. The molecule has 0 bridgehead atoms. The van der Waals surface area contributed by atoms with E-state index in [0.29, 0.717) is 19.3 Å². The van der Waals surface area contributed by atoms with Crippen LogP contribution >= 0.6 is 0 Å². The van der Waals surface area contributed by atoms with Crippen LogP contribution in [0.3, 0.4) is 0 Å². The first-order valence-corrected chi connectivity index (χ1v) is 25.4. The molecule has 344 valence electrons. The van der Waals surface area contributed by atoms with Gasteiger partial charge in [-0.1, -0.05) is 224 Å². The van der Waals surface area contributed by atoms with Crippen molar-refractivity contribution in [3.63, 3.8) is 0 Å². The van der Waals surface area contributed by atoms with Crippen molar-refractivity contribution in [3.05, 3.63) is 48.6 Å². The molecular formula is C53H97NO5. The molecule has 0 rings (SSSR count). The summed E-state index contributed by atoms with van der Waals surface area (Å²) in [5.74, 6) is -0.613. The van der Waals surface area contributed by atoms with Crippen LogP contribution in [-0.4, -0.2) is 46.9 Å². The Morgan fingerprint density at radius 3 is 1.46 bits per heavy atom. The van der Waals surface area contributed by atoms with E-state index in [0.717, 1.165) is 51.4 Å². The summed E-state index contributed by atoms with van der Waals surface area (Å²) in [6, 6.07) is -0.733. The number of rotatable bonds is 45. The third kappa shape index (κ3) is 42.3. The number of aliphatic hydroxyl groups is 2. The first-order valence-electron chi connectivity index (χ1n) is 25.4. The van der Waals surface area contributed by atoms with Crippen LogP contribution in [-0.2, 0) is 14.3 Å². The van der Waals surface area contributed by atoms with Crippen molar-refractivity contribution in [1.82, 2.24) is 5.32 Å². The Bertz CT molecular complexity index is 1020. The Morgan fingerprint density at radius 2 is 0.949 bits per heavy atom. The molecule has 3 N–H and O–H groups in total. The number of amides is 1. The fourth-order valence-corrected chi connectivity index (χ4v) is 7.50. The summed E-state index contributed by atoms with van der Waals surface area (Å²) in [7, 11) is 0. The maximum Gasteiger partial charge on any atom is 0.306 e. The highest BCUT2D eigenvalue weighted by molar-refractivity contribution is 5.78. The zero-order chi connectivity index (χ0) is 43.1. The number of allylic oxidation sites excluding steroid dienone is 7. The predicted molar refractivity (Wildman–Crippen MR) is 255 cm³/mol. The van der Waals surface area contributed by atoms with Crippen molar-refractivity contribution in [2.75, 3.05) is 6.61 Å². The summed E-state index contributed by atoms with van der Waals surface area (Å²) in [4.78, 5) is 26.0. The molecule has 3 atom stereocenters. The molecule has 0 aromatic heterocycles. The second-order valence-electron chi connectivity index (χ2n) is 17.2. The van der Waals surface area contributed by atoms with E-state index in [1.807, 2.05) is 12.2 Å². The van der Waals surface area contributed by atoms with Gasteiger partial charge in [0.2, 0.25) is 5.91 Å². The molecular weight excluding hydrogens is 731 g/mol. The molecule has 59 heavy (non-hydrogen) atoms. The van der Waals surface area contributed by atoms with Crippen molar-refractivity contribution in [1.29, 1.82) is 0 Å². The van der Waals surface area contributed by atoms with Crippen LogP contribution in [0.15, 0.2) is 48.6 Å². The van der Waals surface area contributed by atoms with E-state index < -0.39 is 18.2 Å². The van der Waals surface area contributed by atoms with Gasteiger partial charge >= 0.3 is 5.97 Å². The Labute approximate surface area is 366 Å². The fraction of sp³-hybridized carbons (Fsp3) is 0.811. The van der Waals surface area contributed by atoms with Gasteiger partial charge in [0.25, 0.3) is 0 Å². The number of esters is 1. The van der Waals surface area contributed by atoms with Gasteiger partial charge in [-0.25, -0.2) is 0 Å². The minimum atomic E-state index is -0.812. The van der Waals surface area contributed by atoms with E-state index in [4.69, 9.17) is 4.74 Å². The summed E-state index contributed by atoms with van der Waals surface area (Å²) in [5.41, 5.74) is 0. The van der Waals surface area contributed by atoms with E-state index >= 15 is 0 Å². The molecule has 6 heteroatoms. The number of hydrogen-bond donors (Lipinski definition) is 3. The third-order valence-electron chi connectivity index (χ3n) is 11.4. The monoisotopic (exact) mass is 828 g/mol. The van der Waals surface area contributed by atoms with Crippen LogP contribution in [0.2, 0.25) is 0 Å². The van der Waals surface area contributed by atoms with Crippen molar-refractivity contribution in [2.45, 2.75) is 270 Å². The van der Waals surface area contributed by atoms with Gasteiger partial charge in [0.05, 0.1) is 25.2 Å². The molecule has 0 saturated heterocycles. The Morgan fingerprint density at radius 1 is 0.525 bits per heavy atom. The zero-order valence-electron chi connectivity index (χ0n) is 39.1. The van der Waals surface area contributed by atoms with E-state index in [1.54, 1.807) is 0 Å². The Balaban J connectivity index is 4.62. The molecule has 0 aliphatic carbocycles. The molecule has 0 fully saturated rings. The van der Waals surface area contributed by atoms with Gasteiger partial charge in [0.15, 0.2) is 0 Å². The number of nitrogens with one attached hydrogen (secondary N) is 1. The second-order valence-corrected chi connectivity index (χ2v) is 17.2. The van der Waals surface area contributed by atoms with Crippen molar-refractivity contribution in [3.8, 4) is 0 Å². The lowest BCUT2D eigenvalue weighted by Gasteiger charge is -2.23. The maximum atomic E-state index is 13.1. The van der Waals surface area contributed by atoms with Crippen LogP contribution in [0.25, 0.3) is 0 Å². The van der Waals surface area contributed by atoms with Crippen LogP contribution in [0.4, 0.5) is 0 Å². The number of hydrogen-bond acceptors (Lipinski definition) is 5. The first-order chi connectivity index (χ1) is 29.0. The van der Waals surface area contributed by atoms with Crippen LogP contribution in [0.1, 0.15) is 252 Å². The highest BCUT2D eigenvalue weighted by atomic mass is 16.5. The lowest BCUT2D eigenvalue weighted by molar-refractivity contribution is -0.148. The summed E-state index contributed by atoms with van der Waals surface area (Å²) in [6.45, 7) is 6.41. The quantitative estimate of drug-likeness (QED) is 0.0246. The first kappa shape index (κ1) is 56.8. The van der Waals surface area contributed by atoms with Gasteiger partial charge in [0, 0.05) is 6.42 Å². The van der Waals surface area contributed by atoms with Crippen LogP contribution in [0.5, 0.6) is 0 Å². The Kier molecular flexibility index (Phi) is 45.1. The van der Waals surface area contributed by atoms with Gasteiger partial charge in [-0.15, -0.1) is 0 Å². The molecule has 0 heterocycles. The molecule has 0 radical (unpaired) electrons. The van der Waals surface area contributed by atoms with Gasteiger partial charge < -0.3 is 20.3 Å². The SMILES string of the molecule is CCCCC/C=C/C=C/CCCCCCCCC(=O)OC(/C=C/C/C=C\CCCCCCCC)CC(=O)NC(CO)C(O)CCCCCCCCCCCCCCCC. The average Bonchev–Trinajstić information content (AvgIpc) is 3.23. The highest BCUT2D eigenvalue weighted by Crippen LogP contribution is 2.16. The predicted octanol–water partition coefficient (Wildman–Crippen LogP) is 15.1. The largest absolute Gasteiger partial charge is 0.458 e. The fourth-order valence-electron chi connectivity index (χ4n) is 7.50. The molecule has 0 aromatic carbocycles. The second kappa shape index (κ2) is 46.9. The maximum absolute atomic E-state index is 13.1. The average molecular weight is 828 g/mol. The number of ether oxygens (including phenoxy) is 1. The topological polar surface area (TPSA) is 95.9 Å². The van der Waals surface area contributed by atoms with E-state index in [2.05, 4.69) is 62.5 Å². The minimum Gasteiger partial charge on any atom is -0.458 e. The van der Waals surface area contributed by atoms with Crippen LogP contribution in [0, 0.1) is 0 Å². The van der Waals surface area contributed by atoms with Gasteiger partial charge in [-0.05, 0) is 63.9 Å². The van der Waals surface area contributed by atoms with Gasteiger partial charge in [0.1, 0.15) is 6.10 Å². The molecule has 0 aromatic rings. The summed E-state index contributed by atoms with van der Waals surface area (Å²) in [6.07, 6.45) is 56.3. The summed E-state index contributed by atoms with van der Waals surface area (Å²) in [5, 5.41) is 23.7. The number of carbonyl (C=O) groups excluding carboxylic acids is 2. The molecule has 0 spiro atoms.